The maximum absolute atomic E-state index is 12.7. The fraction of sp³-hybridized carbons (Fsp3) is 0.333. The Balaban J connectivity index is 2.29. The Morgan fingerprint density at radius 1 is 1.41 bits per heavy atom. The molecule has 1 rings (SSSR count). The second kappa shape index (κ2) is 8.95. The van der Waals surface area contributed by atoms with Gasteiger partial charge >= 0.3 is 5.97 Å². The zero-order chi connectivity index (χ0) is 16.5. The van der Waals surface area contributed by atoms with Gasteiger partial charge in [0.15, 0.2) is 12.4 Å². The second-order valence-corrected chi connectivity index (χ2v) is 5.59. The van der Waals surface area contributed by atoms with Crippen LogP contribution in [0.5, 0.6) is 0 Å². The molecule has 0 saturated heterocycles. The number of carbonyl (C=O) groups is 2. The third-order valence-electron chi connectivity index (χ3n) is 2.65. The Hall–Kier alpha value is -2.20. The quantitative estimate of drug-likeness (QED) is 0.451. The van der Waals surface area contributed by atoms with E-state index in [0.717, 1.165) is 4.90 Å². The summed E-state index contributed by atoms with van der Waals surface area (Å²) in [6, 6.07) is 7.58. The van der Waals surface area contributed by atoms with Crippen molar-refractivity contribution >= 4 is 29.2 Å². The van der Waals surface area contributed by atoms with Crippen LogP contribution in [0, 0.1) is 28.5 Å². The van der Waals surface area contributed by atoms with E-state index < -0.39 is 24.3 Å². The Morgan fingerprint density at radius 3 is 2.59 bits per heavy atom. The van der Waals surface area contributed by atoms with Gasteiger partial charge in [0, 0.05) is 16.4 Å². The van der Waals surface area contributed by atoms with Gasteiger partial charge in [-0.3, -0.25) is 9.59 Å². The average molecular weight is 322 g/mol. The number of benzene rings is 1. The van der Waals surface area contributed by atoms with Crippen LogP contribution in [0.3, 0.4) is 0 Å². The molecule has 0 aromatic heterocycles. The van der Waals surface area contributed by atoms with Crippen LogP contribution >= 0.6 is 11.8 Å². The maximum atomic E-state index is 12.7. The highest BCUT2D eigenvalue weighted by atomic mass is 32.2. The Morgan fingerprint density at radius 2 is 2.05 bits per heavy atom. The molecule has 0 amide bonds. The Bertz CT molecular complexity index is 596. The molecule has 0 aliphatic rings. The molecule has 22 heavy (non-hydrogen) atoms. The molecule has 1 atom stereocenters. The summed E-state index contributed by atoms with van der Waals surface area (Å²) in [6.07, 6.45) is 0.0934. The van der Waals surface area contributed by atoms with Gasteiger partial charge in [0.1, 0.15) is 11.7 Å². The molecule has 0 heterocycles. The van der Waals surface area contributed by atoms with E-state index in [1.807, 2.05) is 0 Å². The lowest BCUT2D eigenvalue weighted by molar-refractivity contribution is -0.147. The SMILES string of the molecule is CC(=N)C(C#N)C(=O)COC(=O)CCSc1ccc(F)cc1. The minimum atomic E-state index is -1.17. The Labute approximate surface area is 132 Å². The number of nitrogens with zero attached hydrogens (tertiary/aromatic N) is 1. The summed E-state index contributed by atoms with van der Waals surface area (Å²) in [5, 5.41) is 16.0. The fourth-order valence-electron chi connectivity index (χ4n) is 1.50. The van der Waals surface area contributed by atoms with Crippen LogP contribution in [-0.4, -0.2) is 29.8 Å². The molecule has 116 valence electrons. The van der Waals surface area contributed by atoms with Crippen molar-refractivity contribution in [1.29, 1.82) is 10.7 Å². The first-order valence-corrected chi connectivity index (χ1v) is 7.44. The molecule has 1 aromatic carbocycles. The number of thioether (sulfide) groups is 1. The van der Waals surface area contributed by atoms with Gasteiger partial charge < -0.3 is 10.1 Å². The molecule has 5 nitrogen and oxygen atoms in total. The third-order valence-corrected chi connectivity index (χ3v) is 3.66. The summed E-state index contributed by atoms with van der Waals surface area (Å²) in [5.41, 5.74) is -0.0737. The normalized spacial score (nSPS) is 11.3. The average Bonchev–Trinajstić information content (AvgIpc) is 2.47. The third kappa shape index (κ3) is 6.06. The van der Waals surface area contributed by atoms with Crippen LogP contribution < -0.4 is 0 Å². The van der Waals surface area contributed by atoms with Crippen molar-refractivity contribution in [3.05, 3.63) is 30.1 Å². The highest BCUT2D eigenvalue weighted by molar-refractivity contribution is 7.99. The monoisotopic (exact) mass is 322 g/mol. The number of Topliss-reactive ketones (excluding diaryl/α,β-unsaturated/α-hetero) is 1. The number of rotatable bonds is 8. The first-order chi connectivity index (χ1) is 10.4. The molecule has 0 saturated carbocycles. The number of ketones is 1. The zero-order valence-corrected chi connectivity index (χ0v) is 12.8. The lowest BCUT2D eigenvalue weighted by Crippen LogP contribution is -2.25. The largest absolute Gasteiger partial charge is 0.458 e. The molecule has 0 spiro atoms. The number of hydrogen-bond acceptors (Lipinski definition) is 6. The van der Waals surface area contributed by atoms with Crippen molar-refractivity contribution in [1.82, 2.24) is 0 Å². The van der Waals surface area contributed by atoms with Crippen LogP contribution in [-0.2, 0) is 14.3 Å². The van der Waals surface area contributed by atoms with Crippen molar-refractivity contribution in [2.45, 2.75) is 18.2 Å². The summed E-state index contributed by atoms with van der Waals surface area (Å²) >= 11 is 1.37. The number of hydrogen-bond donors (Lipinski definition) is 1. The van der Waals surface area contributed by atoms with E-state index >= 15 is 0 Å². The first kappa shape index (κ1) is 17.9. The molecule has 1 N–H and O–H groups in total. The number of ether oxygens (including phenoxy) is 1. The summed E-state index contributed by atoms with van der Waals surface area (Å²) in [6.45, 7) is 0.849. The second-order valence-electron chi connectivity index (χ2n) is 4.42. The van der Waals surface area contributed by atoms with E-state index in [2.05, 4.69) is 0 Å². The van der Waals surface area contributed by atoms with E-state index in [1.54, 1.807) is 18.2 Å². The van der Waals surface area contributed by atoms with Crippen molar-refractivity contribution in [2.75, 3.05) is 12.4 Å². The standard InChI is InChI=1S/C15H15FN2O3S/c1-10(18)13(8-17)14(19)9-21-15(20)6-7-22-12-4-2-11(16)3-5-12/h2-5,13,18H,6-7,9H2,1H3. The Kier molecular flexibility index (Phi) is 7.26. The van der Waals surface area contributed by atoms with Gasteiger partial charge in [-0.05, 0) is 31.2 Å². The molecule has 0 radical (unpaired) electrons. The molecular weight excluding hydrogens is 307 g/mol. The zero-order valence-electron chi connectivity index (χ0n) is 12.0. The maximum Gasteiger partial charge on any atom is 0.307 e. The summed E-state index contributed by atoms with van der Waals surface area (Å²) in [4.78, 5) is 23.9. The summed E-state index contributed by atoms with van der Waals surface area (Å²) in [7, 11) is 0. The van der Waals surface area contributed by atoms with Gasteiger partial charge in [-0.2, -0.15) is 5.26 Å². The van der Waals surface area contributed by atoms with Crippen LogP contribution in [0.25, 0.3) is 0 Å². The minimum Gasteiger partial charge on any atom is -0.458 e. The topological polar surface area (TPSA) is 91.0 Å². The van der Waals surface area contributed by atoms with Crippen molar-refractivity contribution in [2.24, 2.45) is 5.92 Å². The summed E-state index contributed by atoms with van der Waals surface area (Å²) < 4.78 is 17.5. The molecular formula is C15H15FN2O3S. The molecule has 0 fully saturated rings. The smallest absolute Gasteiger partial charge is 0.307 e. The predicted molar refractivity (Wildman–Crippen MR) is 80.2 cm³/mol. The van der Waals surface area contributed by atoms with Gasteiger partial charge in [0.05, 0.1) is 12.5 Å². The molecule has 0 bridgehead atoms. The van der Waals surface area contributed by atoms with Crippen LogP contribution in [0.2, 0.25) is 0 Å². The number of halogens is 1. The van der Waals surface area contributed by atoms with Gasteiger partial charge in [-0.1, -0.05) is 0 Å². The first-order valence-electron chi connectivity index (χ1n) is 6.45. The van der Waals surface area contributed by atoms with Gasteiger partial charge in [0.2, 0.25) is 0 Å². The minimum absolute atomic E-state index is 0.0737. The lowest BCUT2D eigenvalue weighted by Gasteiger charge is -2.07. The van der Waals surface area contributed by atoms with E-state index in [1.165, 1.54) is 30.8 Å². The van der Waals surface area contributed by atoms with E-state index in [9.17, 15) is 14.0 Å². The van der Waals surface area contributed by atoms with Crippen LogP contribution in [0.4, 0.5) is 4.39 Å². The molecule has 1 aromatic rings. The summed E-state index contributed by atoms with van der Waals surface area (Å²) in [5.74, 6) is -2.21. The van der Waals surface area contributed by atoms with Crippen molar-refractivity contribution in [3.8, 4) is 6.07 Å². The number of carbonyl (C=O) groups excluding carboxylic acids is 2. The van der Waals surface area contributed by atoms with Gasteiger partial charge in [-0.15, -0.1) is 11.8 Å². The lowest BCUT2D eigenvalue weighted by atomic mass is 10.0. The number of nitrogens with one attached hydrogen (secondary N) is 1. The number of esters is 1. The van der Waals surface area contributed by atoms with Crippen LogP contribution in [0.15, 0.2) is 29.2 Å². The van der Waals surface area contributed by atoms with E-state index in [4.69, 9.17) is 15.4 Å². The molecule has 0 aliphatic heterocycles. The highest BCUT2D eigenvalue weighted by Gasteiger charge is 2.21. The van der Waals surface area contributed by atoms with Crippen molar-refractivity contribution < 1.29 is 18.7 Å². The van der Waals surface area contributed by atoms with Crippen LogP contribution in [0.1, 0.15) is 13.3 Å². The van der Waals surface area contributed by atoms with E-state index in [0.29, 0.717) is 5.75 Å². The molecule has 7 heteroatoms. The predicted octanol–water partition coefficient (Wildman–Crippen LogP) is 2.60. The van der Waals surface area contributed by atoms with Crippen molar-refractivity contribution in [3.63, 3.8) is 0 Å². The fourth-order valence-corrected chi connectivity index (χ4v) is 2.33. The highest BCUT2D eigenvalue weighted by Crippen LogP contribution is 2.18. The van der Waals surface area contributed by atoms with Gasteiger partial charge in [0.25, 0.3) is 0 Å². The van der Waals surface area contributed by atoms with E-state index in [-0.39, 0.29) is 17.9 Å². The molecule has 0 aliphatic carbocycles. The van der Waals surface area contributed by atoms with Gasteiger partial charge in [-0.25, -0.2) is 4.39 Å². The number of nitriles is 1. The molecule has 1 unspecified atom stereocenters.